The van der Waals surface area contributed by atoms with Crippen LogP contribution in [0.15, 0.2) is 48.5 Å². The van der Waals surface area contributed by atoms with Gasteiger partial charge in [-0.3, -0.25) is 0 Å². The fraction of sp³-hybridized carbons (Fsp3) is 0.143. The minimum absolute atomic E-state index is 0.818. The number of nitrogens with two attached hydrogens (primary N) is 2. The predicted octanol–water partition coefficient (Wildman–Crippen LogP) is 2.64. The molecule has 0 aliphatic carbocycles. The highest BCUT2D eigenvalue weighted by Crippen LogP contribution is 2.15. The minimum Gasteiger partial charge on any atom is -0.399 e. The monoisotopic (exact) mass is 212 g/mol. The van der Waals surface area contributed by atoms with Crippen molar-refractivity contribution in [2.75, 3.05) is 11.5 Å². The molecule has 0 atom stereocenters. The van der Waals surface area contributed by atoms with Crippen LogP contribution in [0.1, 0.15) is 11.1 Å². The number of benzene rings is 2. The molecule has 82 valence electrons. The number of hydrogen-bond acceptors (Lipinski definition) is 2. The molecule has 0 saturated heterocycles. The number of para-hydroxylation sites is 1. The van der Waals surface area contributed by atoms with Crippen LogP contribution in [0, 0.1) is 0 Å². The molecule has 0 aromatic heterocycles. The van der Waals surface area contributed by atoms with Gasteiger partial charge in [0.05, 0.1) is 0 Å². The van der Waals surface area contributed by atoms with Crippen LogP contribution in [-0.4, -0.2) is 0 Å². The third-order valence-electron chi connectivity index (χ3n) is 2.69. The zero-order chi connectivity index (χ0) is 11.4. The summed E-state index contributed by atoms with van der Waals surface area (Å²) in [6, 6.07) is 16.0. The molecule has 0 heterocycles. The van der Waals surface area contributed by atoms with E-state index in [1.165, 1.54) is 11.1 Å². The molecule has 2 heteroatoms. The average Bonchev–Trinajstić information content (AvgIpc) is 2.28. The number of rotatable bonds is 3. The van der Waals surface area contributed by atoms with E-state index in [1.54, 1.807) is 0 Å². The van der Waals surface area contributed by atoms with E-state index in [2.05, 4.69) is 12.1 Å². The molecule has 0 saturated carbocycles. The highest BCUT2D eigenvalue weighted by atomic mass is 14.6. The second-order valence-electron chi connectivity index (χ2n) is 3.94. The fourth-order valence-corrected chi connectivity index (χ4v) is 1.79. The number of anilines is 2. The molecule has 4 N–H and O–H groups in total. The van der Waals surface area contributed by atoms with Gasteiger partial charge >= 0.3 is 0 Å². The summed E-state index contributed by atoms with van der Waals surface area (Å²) >= 11 is 0. The maximum Gasteiger partial charge on any atom is 0.0346 e. The van der Waals surface area contributed by atoms with E-state index >= 15 is 0 Å². The predicted molar refractivity (Wildman–Crippen MR) is 69.1 cm³/mol. The van der Waals surface area contributed by atoms with Crippen molar-refractivity contribution >= 4 is 11.4 Å². The maximum absolute atomic E-state index is 5.89. The third kappa shape index (κ3) is 2.54. The Bertz CT molecular complexity index is 478. The van der Waals surface area contributed by atoms with Gasteiger partial charge in [0.25, 0.3) is 0 Å². The highest BCUT2D eigenvalue weighted by molar-refractivity contribution is 5.47. The van der Waals surface area contributed by atoms with Crippen LogP contribution < -0.4 is 11.5 Å². The van der Waals surface area contributed by atoms with Gasteiger partial charge < -0.3 is 11.5 Å². The molecule has 0 spiro atoms. The van der Waals surface area contributed by atoms with Gasteiger partial charge in [0.15, 0.2) is 0 Å². The van der Waals surface area contributed by atoms with E-state index in [-0.39, 0.29) is 0 Å². The van der Waals surface area contributed by atoms with Crippen LogP contribution in [0.4, 0.5) is 11.4 Å². The van der Waals surface area contributed by atoms with E-state index in [4.69, 9.17) is 11.5 Å². The van der Waals surface area contributed by atoms with Gasteiger partial charge in [-0.1, -0.05) is 30.3 Å². The quantitative estimate of drug-likeness (QED) is 0.768. The second kappa shape index (κ2) is 4.71. The minimum atomic E-state index is 0.818. The van der Waals surface area contributed by atoms with Gasteiger partial charge in [0.1, 0.15) is 0 Å². The molecule has 2 nitrogen and oxygen atoms in total. The Labute approximate surface area is 95.9 Å². The highest BCUT2D eigenvalue weighted by Gasteiger charge is 1.99. The van der Waals surface area contributed by atoms with Crippen LogP contribution in [0.5, 0.6) is 0 Å². The first-order chi connectivity index (χ1) is 7.75. The van der Waals surface area contributed by atoms with Crippen molar-refractivity contribution in [2.45, 2.75) is 12.8 Å². The lowest BCUT2D eigenvalue weighted by Gasteiger charge is -2.05. The van der Waals surface area contributed by atoms with Crippen molar-refractivity contribution < 1.29 is 0 Å². The molecule has 0 amide bonds. The Morgan fingerprint density at radius 2 is 1.62 bits per heavy atom. The smallest absolute Gasteiger partial charge is 0.0346 e. The maximum atomic E-state index is 5.89. The van der Waals surface area contributed by atoms with Gasteiger partial charge in [-0.25, -0.2) is 0 Å². The number of nitrogen functional groups attached to an aromatic ring is 2. The van der Waals surface area contributed by atoms with Gasteiger partial charge in [-0.15, -0.1) is 0 Å². The van der Waals surface area contributed by atoms with Crippen molar-refractivity contribution in [3.63, 3.8) is 0 Å². The van der Waals surface area contributed by atoms with Gasteiger partial charge in [0.2, 0.25) is 0 Å². The molecule has 2 rings (SSSR count). The molecule has 0 radical (unpaired) electrons. The first kappa shape index (κ1) is 10.6. The van der Waals surface area contributed by atoms with Crippen LogP contribution in [-0.2, 0) is 12.8 Å². The Morgan fingerprint density at radius 1 is 0.812 bits per heavy atom. The SMILES string of the molecule is Nc1cccc(CCc2ccccc2N)c1. The molecule has 16 heavy (non-hydrogen) atoms. The fourth-order valence-electron chi connectivity index (χ4n) is 1.79. The number of aryl methyl sites for hydroxylation is 2. The molecule has 2 aromatic carbocycles. The molecule has 0 aliphatic heterocycles. The summed E-state index contributed by atoms with van der Waals surface area (Å²) < 4.78 is 0. The summed E-state index contributed by atoms with van der Waals surface area (Å²) in [5.74, 6) is 0. The van der Waals surface area contributed by atoms with Crippen LogP contribution in [0.2, 0.25) is 0 Å². The van der Waals surface area contributed by atoms with E-state index in [1.807, 2.05) is 36.4 Å². The van der Waals surface area contributed by atoms with Gasteiger partial charge in [-0.2, -0.15) is 0 Å². The van der Waals surface area contributed by atoms with Crippen LogP contribution in [0.3, 0.4) is 0 Å². The first-order valence-corrected chi connectivity index (χ1v) is 5.43. The lowest BCUT2D eigenvalue weighted by atomic mass is 10.0. The summed E-state index contributed by atoms with van der Waals surface area (Å²) in [6.07, 6.45) is 1.93. The van der Waals surface area contributed by atoms with E-state index < -0.39 is 0 Å². The second-order valence-corrected chi connectivity index (χ2v) is 3.94. The van der Waals surface area contributed by atoms with Crippen molar-refractivity contribution in [2.24, 2.45) is 0 Å². The van der Waals surface area contributed by atoms with Crippen LogP contribution in [0.25, 0.3) is 0 Å². The molecule has 0 bridgehead atoms. The Morgan fingerprint density at radius 3 is 2.38 bits per heavy atom. The summed E-state index contributed by atoms with van der Waals surface area (Å²) in [5, 5.41) is 0. The Hall–Kier alpha value is -1.96. The van der Waals surface area contributed by atoms with Gasteiger partial charge in [-0.05, 0) is 42.2 Å². The van der Waals surface area contributed by atoms with Gasteiger partial charge in [0, 0.05) is 11.4 Å². The molecule has 0 unspecified atom stereocenters. The Balaban J connectivity index is 2.05. The normalized spacial score (nSPS) is 10.2. The lowest BCUT2D eigenvalue weighted by Crippen LogP contribution is -1.97. The molecule has 0 aliphatic rings. The zero-order valence-corrected chi connectivity index (χ0v) is 9.19. The zero-order valence-electron chi connectivity index (χ0n) is 9.19. The summed E-state index contributed by atoms with van der Waals surface area (Å²) in [6.45, 7) is 0. The summed E-state index contributed by atoms with van der Waals surface area (Å²) in [5.41, 5.74) is 15.8. The molecular weight excluding hydrogens is 196 g/mol. The van der Waals surface area contributed by atoms with E-state index in [0.29, 0.717) is 0 Å². The van der Waals surface area contributed by atoms with E-state index in [9.17, 15) is 0 Å². The third-order valence-corrected chi connectivity index (χ3v) is 2.69. The summed E-state index contributed by atoms with van der Waals surface area (Å²) in [4.78, 5) is 0. The molecule has 0 fully saturated rings. The van der Waals surface area contributed by atoms with Crippen molar-refractivity contribution in [1.82, 2.24) is 0 Å². The Kier molecular flexibility index (Phi) is 3.10. The average molecular weight is 212 g/mol. The largest absolute Gasteiger partial charge is 0.399 e. The molecular formula is C14H16N2. The van der Waals surface area contributed by atoms with E-state index in [0.717, 1.165) is 24.2 Å². The topological polar surface area (TPSA) is 52.0 Å². The first-order valence-electron chi connectivity index (χ1n) is 5.43. The van der Waals surface area contributed by atoms with Crippen LogP contribution >= 0.6 is 0 Å². The van der Waals surface area contributed by atoms with Crippen molar-refractivity contribution in [3.8, 4) is 0 Å². The van der Waals surface area contributed by atoms with Crippen molar-refractivity contribution in [3.05, 3.63) is 59.7 Å². The molecule has 2 aromatic rings. The standard InChI is InChI=1S/C14H16N2/c15-13-6-3-4-11(10-13)8-9-12-5-1-2-7-14(12)16/h1-7,10H,8-9,15-16H2. The summed E-state index contributed by atoms with van der Waals surface area (Å²) in [7, 11) is 0. The lowest BCUT2D eigenvalue weighted by molar-refractivity contribution is 0.964. The van der Waals surface area contributed by atoms with Crippen molar-refractivity contribution in [1.29, 1.82) is 0 Å². The number of hydrogen-bond donors (Lipinski definition) is 2.